The molecule has 0 saturated heterocycles. The molecule has 0 aromatic rings. The van der Waals surface area contributed by atoms with Crippen molar-refractivity contribution in [1.82, 2.24) is 0 Å². The Balaban J connectivity index is 3.38. The first-order valence-corrected chi connectivity index (χ1v) is 5.82. The SMILES string of the molecule is CCP(=O)(O)OCCOC(C)C. The molecule has 0 aliphatic carbocycles. The standard InChI is InChI=1S/C7H17O4P/c1-4-12(8,9)11-6-5-10-7(2)3/h7H,4-6H2,1-3H3,(H,8,9). The Bertz CT molecular complexity index is 157. The van der Waals surface area contributed by atoms with E-state index in [4.69, 9.17) is 14.2 Å². The molecule has 0 aromatic carbocycles. The molecule has 1 atom stereocenters. The van der Waals surface area contributed by atoms with Crippen molar-refractivity contribution < 1.29 is 18.7 Å². The summed E-state index contributed by atoms with van der Waals surface area (Å²) in [6.07, 6.45) is 0.280. The average Bonchev–Trinajstić information content (AvgIpc) is 1.98. The number of rotatable bonds is 6. The van der Waals surface area contributed by atoms with Crippen LogP contribution in [0.5, 0.6) is 0 Å². The first-order chi connectivity index (χ1) is 5.48. The molecule has 0 heterocycles. The van der Waals surface area contributed by atoms with E-state index in [0.29, 0.717) is 6.61 Å². The van der Waals surface area contributed by atoms with Crippen molar-refractivity contribution in [2.24, 2.45) is 0 Å². The molecule has 0 radical (unpaired) electrons. The molecular formula is C7H17O4P. The van der Waals surface area contributed by atoms with Crippen molar-refractivity contribution in [3.05, 3.63) is 0 Å². The molecule has 0 aliphatic rings. The third kappa shape index (κ3) is 6.80. The molecule has 0 spiro atoms. The summed E-state index contributed by atoms with van der Waals surface area (Å²) in [4.78, 5) is 8.97. The summed E-state index contributed by atoms with van der Waals surface area (Å²) >= 11 is 0. The van der Waals surface area contributed by atoms with Gasteiger partial charge in [0, 0.05) is 6.16 Å². The lowest BCUT2D eigenvalue weighted by molar-refractivity contribution is 0.0525. The summed E-state index contributed by atoms with van der Waals surface area (Å²) in [5, 5.41) is 0. The largest absolute Gasteiger partial charge is 0.376 e. The lowest BCUT2D eigenvalue weighted by Gasteiger charge is -2.11. The zero-order chi connectivity index (χ0) is 9.61. The smallest absolute Gasteiger partial charge is 0.327 e. The Morgan fingerprint density at radius 1 is 1.42 bits per heavy atom. The molecule has 74 valence electrons. The van der Waals surface area contributed by atoms with Crippen molar-refractivity contribution in [1.29, 1.82) is 0 Å². The van der Waals surface area contributed by atoms with Crippen LogP contribution in [0.4, 0.5) is 0 Å². The summed E-state index contributed by atoms with van der Waals surface area (Å²) < 4.78 is 20.7. The molecule has 0 rings (SSSR count). The second-order valence-corrected chi connectivity index (χ2v) is 4.87. The van der Waals surface area contributed by atoms with Crippen LogP contribution in [0, 0.1) is 0 Å². The van der Waals surface area contributed by atoms with Gasteiger partial charge in [-0.3, -0.25) is 4.57 Å². The molecule has 0 saturated carbocycles. The van der Waals surface area contributed by atoms with Gasteiger partial charge in [-0.25, -0.2) is 0 Å². The highest BCUT2D eigenvalue weighted by atomic mass is 31.2. The van der Waals surface area contributed by atoms with Crippen molar-refractivity contribution in [3.63, 3.8) is 0 Å². The molecule has 4 nitrogen and oxygen atoms in total. The lowest BCUT2D eigenvalue weighted by atomic mass is 10.5. The van der Waals surface area contributed by atoms with Crippen molar-refractivity contribution in [3.8, 4) is 0 Å². The van der Waals surface area contributed by atoms with E-state index >= 15 is 0 Å². The van der Waals surface area contributed by atoms with Crippen LogP contribution < -0.4 is 0 Å². The minimum Gasteiger partial charge on any atom is -0.376 e. The van der Waals surface area contributed by atoms with Gasteiger partial charge in [-0.2, -0.15) is 0 Å². The molecule has 0 aliphatic heterocycles. The van der Waals surface area contributed by atoms with Gasteiger partial charge in [0.15, 0.2) is 0 Å². The molecule has 1 N–H and O–H groups in total. The third-order valence-corrected chi connectivity index (χ3v) is 2.61. The normalized spacial score (nSPS) is 16.4. The molecule has 0 amide bonds. The Morgan fingerprint density at radius 2 is 2.00 bits per heavy atom. The first-order valence-electron chi connectivity index (χ1n) is 4.06. The van der Waals surface area contributed by atoms with Crippen LogP contribution in [0.3, 0.4) is 0 Å². The monoisotopic (exact) mass is 196 g/mol. The van der Waals surface area contributed by atoms with Gasteiger partial charge in [-0.05, 0) is 13.8 Å². The summed E-state index contributed by atoms with van der Waals surface area (Å²) in [5.74, 6) is 0. The van der Waals surface area contributed by atoms with Gasteiger partial charge >= 0.3 is 7.60 Å². The second-order valence-electron chi connectivity index (χ2n) is 2.71. The zero-order valence-corrected chi connectivity index (χ0v) is 8.71. The van der Waals surface area contributed by atoms with E-state index in [1.165, 1.54) is 0 Å². The maximum atomic E-state index is 10.9. The van der Waals surface area contributed by atoms with Gasteiger partial charge in [0.25, 0.3) is 0 Å². The van der Waals surface area contributed by atoms with Crippen LogP contribution in [-0.4, -0.2) is 30.4 Å². The van der Waals surface area contributed by atoms with Crippen molar-refractivity contribution in [2.75, 3.05) is 19.4 Å². The van der Waals surface area contributed by atoms with E-state index in [1.807, 2.05) is 13.8 Å². The van der Waals surface area contributed by atoms with E-state index in [-0.39, 0.29) is 18.9 Å². The Morgan fingerprint density at radius 3 is 2.42 bits per heavy atom. The Hall–Kier alpha value is 0.110. The van der Waals surface area contributed by atoms with Gasteiger partial charge in [0.05, 0.1) is 19.3 Å². The fraction of sp³-hybridized carbons (Fsp3) is 1.00. The summed E-state index contributed by atoms with van der Waals surface area (Å²) in [6.45, 7) is 5.96. The topological polar surface area (TPSA) is 55.8 Å². The van der Waals surface area contributed by atoms with Crippen LogP contribution >= 0.6 is 7.60 Å². The minimum absolute atomic E-state index is 0.133. The predicted molar refractivity (Wildman–Crippen MR) is 47.4 cm³/mol. The van der Waals surface area contributed by atoms with Crippen molar-refractivity contribution in [2.45, 2.75) is 26.9 Å². The maximum Gasteiger partial charge on any atom is 0.327 e. The third-order valence-electron chi connectivity index (χ3n) is 1.23. The highest BCUT2D eigenvalue weighted by Gasteiger charge is 2.14. The highest BCUT2D eigenvalue weighted by Crippen LogP contribution is 2.40. The van der Waals surface area contributed by atoms with Gasteiger partial charge in [0.1, 0.15) is 0 Å². The number of hydrogen-bond acceptors (Lipinski definition) is 3. The Labute approximate surface area is 73.4 Å². The minimum atomic E-state index is -3.31. The summed E-state index contributed by atoms with van der Waals surface area (Å²) in [6, 6.07) is 0. The van der Waals surface area contributed by atoms with Gasteiger partial charge in [-0.15, -0.1) is 0 Å². The van der Waals surface area contributed by atoms with Gasteiger partial charge < -0.3 is 14.2 Å². The van der Waals surface area contributed by atoms with Gasteiger partial charge in [0.2, 0.25) is 0 Å². The number of ether oxygens (including phenoxy) is 1. The van der Waals surface area contributed by atoms with E-state index < -0.39 is 7.60 Å². The Kier molecular flexibility index (Phi) is 5.76. The van der Waals surface area contributed by atoms with E-state index in [9.17, 15) is 4.57 Å². The molecule has 0 aromatic heterocycles. The molecule has 1 unspecified atom stereocenters. The molecule has 0 fully saturated rings. The van der Waals surface area contributed by atoms with Crippen LogP contribution in [-0.2, 0) is 13.8 Å². The molecular weight excluding hydrogens is 179 g/mol. The van der Waals surface area contributed by atoms with Crippen LogP contribution in [0.25, 0.3) is 0 Å². The predicted octanol–water partition coefficient (Wildman–Crippen LogP) is 1.63. The zero-order valence-electron chi connectivity index (χ0n) is 7.82. The van der Waals surface area contributed by atoms with Crippen molar-refractivity contribution >= 4 is 7.60 Å². The fourth-order valence-corrected chi connectivity index (χ4v) is 1.10. The molecule has 0 bridgehead atoms. The highest BCUT2D eigenvalue weighted by molar-refractivity contribution is 7.52. The molecule has 5 heteroatoms. The van der Waals surface area contributed by atoms with E-state index in [0.717, 1.165) is 0 Å². The lowest BCUT2D eigenvalue weighted by Crippen LogP contribution is -2.09. The van der Waals surface area contributed by atoms with Crippen LogP contribution in [0.15, 0.2) is 0 Å². The van der Waals surface area contributed by atoms with E-state index in [1.54, 1.807) is 6.92 Å². The second kappa shape index (κ2) is 5.70. The number of hydrogen-bond donors (Lipinski definition) is 1. The maximum absolute atomic E-state index is 10.9. The fourth-order valence-electron chi connectivity index (χ4n) is 0.555. The average molecular weight is 196 g/mol. The first kappa shape index (κ1) is 12.1. The summed E-state index contributed by atoms with van der Waals surface area (Å²) in [7, 11) is -3.31. The van der Waals surface area contributed by atoms with Gasteiger partial charge in [-0.1, -0.05) is 6.92 Å². The summed E-state index contributed by atoms with van der Waals surface area (Å²) in [5.41, 5.74) is 0. The van der Waals surface area contributed by atoms with Crippen LogP contribution in [0.1, 0.15) is 20.8 Å². The van der Waals surface area contributed by atoms with Crippen LogP contribution in [0.2, 0.25) is 0 Å². The van der Waals surface area contributed by atoms with E-state index in [2.05, 4.69) is 0 Å². The molecule has 12 heavy (non-hydrogen) atoms. The quantitative estimate of drug-likeness (QED) is 0.518.